The van der Waals surface area contributed by atoms with Gasteiger partial charge in [-0.2, -0.15) is 10.1 Å². The molecule has 0 spiro atoms. The van der Waals surface area contributed by atoms with Crippen LogP contribution in [0.25, 0.3) is 33.4 Å². The molecule has 0 radical (unpaired) electrons. The highest BCUT2D eigenvalue weighted by Crippen LogP contribution is 2.38. The number of cyclic esters (lactones) is 1. The number of anilines is 2. The van der Waals surface area contributed by atoms with Crippen molar-refractivity contribution in [3.8, 4) is 11.3 Å². The summed E-state index contributed by atoms with van der Waals surface area (Å²) in [5, 5.41) is 44.1. The number of piperidine rings is 2. The van der Waals surface area contributed by atoms with E-state index in [2.05, 4.69) is 32.4 Å². The Kier molecular flexibility index (Phi) is 38.1. The van der Waals surface area contributed by atoms with Crippen LogP contribution in [-0.2, 0) is 105 Å². The number of fused-ring (bicyclic) bond motifs is 6. The molecule has 0 unspecified atom stereocenters. The number of benzene rings is 2. The van der Waals surface area contributed by atoms with Crippen molar-refractivity contribution in [1.29, 1.82) is 0 Å². The van der Waals surface area contributed by atoms with Gasteiger partial charge in [0, 0.05) is 103 Å². The van der Waals surface area contributed by atoms with Gasteiger partial charge in [-0.3, -0.25) is 24.0 Å². The lowest BCUT2D eigenvalue weighted by molar-refractivity contribution is -0.245. The van der Waals surface area contributed by atoms with Crippen molar-refractivity contribution in [2.24, 2.45) is 35.1 Å². The smallest absolute Gasteiger partial charge is 0.410 e. The van der Waals surface area contributed by atoms with E-state index in [0.29, 0.717) is 176 Å². The van der Waals surface area contributed by atoms with Crippen LogP contribution < -0.4 is 28.3 Å². The number of esters is 1. The Morgan fingerprint density at radius 2 is 1.42 bits per heavy atom. The quantitative estimate of drug-likeness (QED) is 0.00959. The Labute approximate surface area is 754 Å². The van der Waals surface area contributed by atoms with Crippen molar-refractivity contribution in [3.05, 3.63) is 107 Å². The van der Waals surface area contributed by atoms with Crippen LogP contribution in [0.3, 0.4) is 0 Å². The molecule has 3 aromatic heterocycles. The summed E-state index contributed by atoms with van der Waals surface area (Å²) >= 11 is 0. The zero-order valence-corrected chi connectivity index (χ0v) is 75.9. The van der Waals surface area contributed by atoms with Crippen LogP contribution >= 0.6 is 0 Å². The number of nitrogens with zero attached hydrogens (tertiary/aromatic N) is 8. The van der Waals surface area contributed by atoms with Crippen molar-refractivity contribution in [2.75, 3.05) is 145 Å². The van der Waals surface area contributed by atoms with Crippen molar-refractivity contribution >= 4 is 75.3 Å². The summed E-state index contributed by atoms with van der Waals surface area (Å²) in [7, 11) is 4.45. The van der Waals surface area contributed by atoms with Gasteiger partial charge in [0.1, 0.15) is 53.8 Å². The zero-order chi connectivity index (χ0) is 92.3. The van der Waals surface area contributed by atoms with Gasteiger partial charge in [0.2, 0.25) is 17.6 Å². The third kappa shape index (κ3) is 27.8. The van der Waals surface area contributed by atoms with E-state index in [-0.39, 0.29) is 126 Å². The first-order valence-electron chi connectivity index (χ1n) is 45.5. The van der Waals surface area contributed by atoms with Crippen molar-refractivity contribution < 1.29 is 110 Å². The fraction of sp³-hybridized carbons (Fsp3) is 0.645. The molecule has 15 atom stereocenters. The van der Waals surface area contributed by atoms with Crippen molar-refractivity contribution in [3.63, 3.8) is 0 Å². The number of carbonyl (C=O) groups excluding carboxylic acids is 7. The van der Waals surface area contributed by atoms with Gasteiger partial charge in [-0.1, -0.05) is 75.4 Å². The lowest BCUT2D eigenvalue weighted by Crippen LogP contribution is -2.60. The molecule has 6 aliphatic rings. The first kappa shape index (κ1) is 100. The number of allylic oxidation sites excluding steroid dienone is 5. The van der Waals surface area contributed by atoms with Crippen molar-refractivity contribution in [1.82, 2.24) is 44.7 Å². The second-order valence-electron chi connectivity index (χ2n) is 35.0. The topological polar surface area (TPSA) is 486 Å². The summed E-state index contributed by atoms with van der Waals surface area (Å²) in [6.07, 6.45) is 10.1. The molecular weight excluding hydrogens is 1670 g/mol. The largest absolute Gasteiger partial charge is 0.459 e. The fourth-order valence-corrected chi connectivity index (χ4v) is 17.9. The molecule has 11 rings (SSSR count). The Morgan fingerprint density at radius 3 is 2.12 bits per heavy atom. The number of likely N-dealkylation sites (tertiary alicyclic amines) is 1. The number of ketones is 2. The third-order valence-corrected chi connectivity index (χ3v) is 25.6. The zero-order valence-electron chi connectivity index (χ0n) is 75.9. The van der Waals surface area contributed by atoms with E-state index in [0.717, 1.165) is 33.6 Å². The monoisotopic (exact) mass is 1800 g/mol. The van der Waals surface area contributed by atoms with E-state index in [1.165, 1.54) is 31.0 Å². The number of ether oxygens (including phenoxy) is 12. The summed E-state index contributed by atoms with van der Waals surface area (Å²) in [4.78, 5) is 115. The summed E-state index contributed by atoms with van der Waals surface area (Å²) in [6.45, 7) is 15.3. The number of oxazole rings is 1. The molecular formula is C93H135N13O23. The number of nitrogen functional groups attached to an aromatic ring is 2. The minimum Gasteiger partial charge on any atom is -0.459 e. The molecule has 12 N–H and O–H groups in total. The number of hydrogen-bond acceptors (Lipinski definition) is 31. The van der Waals surface area contributed by atoms with Crippen LogP contribution in [0.1, 0.15) is 154 Å². The molecule has 3 saturated heterocycles. The number of nitrogens with two attached hydrogens (primary N) is 4. The predicted octanol–water partition coefficient (Wildman–Crippen LogP) is 6.71. The lowest BCUT2D eigenvalue weighted by Gasteiger charge is -2.40. The average molecular weight is 1800 g/mol. The minimum absolute atomic E-state index is 0.0198. The number of carbonyl (C=O) groups is 7. The van der Waals surface area contributed by atoms with Crippen LogP contribution in [0, 0.1) is 23.7 Å². The number of aliphatic hydroxyl groups excluding tert-OH is 2. The maximum Gasteiger partial charge on any atom is 0.410 e. The molecule has 4 fully saturated rings. The Balaban J connectivity index is 0.539. The van der Waals surface area contributed by atoms with E-state index in [9.17, 15) is 48.9 Å². The van der Waals surface area contributed by atoms with E-state index >= 15 is 0 Å². The molecule has 2 aromatic carbocycles. The highest BCUT2D eigenvalue weighted by Gasteiger charge is 2.50. The van der Waals surface area contributed by atoms with Crippen LogP contribution in [-0.4, -0.2) is 302 Å². The normalized spacial score (nSPS) is 27.2. The first-order chi connectivity index (χ1) is 62.1. The number of nitrogens with one attached hydrogen (secondary N) is 1. The summed E-state index contributed by atoms with van der Waals surface area (Å²) in [5.74, 6) is -7.23. The summed E-state index contributed by atoms with van der Waals surface area (Å²) < 4.78 is 77.2. The molecule has 5 aromatic rings. The Bertz CT molecular complexity index is 4660. The second kappa shape index (κ2) is 48.9. The SMILES string of the molecule is CO[C@H]1C[C@@H]2CCC[C@@](O)(O2)C(=O)C(=O)N2CCCC[C@H]2C(=O)O[C@H]([C@H](N)C[C@@H]2CC[C@@H](OC(=O)N3CCC(N)(C(=O)NCCOCCOCCOCCOCCOCCOCCC(=O)N4CCc5cc(Cn6nc(-c7ccc8oc(N)nc8c7)c7c(N)ncnc76)ccc5C4)CC3)[C@H](OC)C2)C[C@@H](O)[C@H](C)/C=C(\C)[C@@H](O)[C@@H](OC)C(=O)[C@H](C)C[C@H](C)/C=C/C=CC=C1C. The standard InChI is InChI=1S/C93H135N13O23/c1-58-15-10-9-11-16-59(2)75(117-6)53-68-17-14-27-93(116,129-68)84(111)87(112)105-31-13-12-18-71(105)88(113)126-76(54-72(107)60(3)48-62(5)82(110)83(119-8)81(109)61(4)47-58)69(94)50-63-20-23-74(77(51-63)118-7)128-91(115)103-33-28-92(97,29-34-103)89(114)98-30-36-121-38-40-123-42-44-125-46-45-124-43-41-122-39-37-120-35-26-78(108)104-32-25-65-49-64(19-21-67(65)56-104)55-106-86-79(85(95)99-57-100-86)80(102-106)66-22-24-73-70(52-66)101-90(96)127-73/h9-11,15-16,19,21-22,24,48-49,52,57-58,60-61,63,68-69,71-72,74-77,82-83,107,110,116H,12-14,17-18,20,23,25-47,50-51,53-56,94,97H2,1-8H3,(H2,96,101)(H,98,114)(H2,95,99,100)/b11-9?,15-10+,59-16?,62-48+/t58-,60-,61-,63+,68+,69-,71+,72-,74-,75+,76+,77-,82-,83+,93-/m1/s1. The average Bonchev–Trinajstić information content (AvgIpc) is 1.61. The first-order valence-corrected chi connectivity index (χ1v) is 45.5. The number of aliphatic hydroxyl groups is 3. The highest BCUT2D eigenvalue weighted by molar-refractivity contribution is 6.39. The van der Waals surface area contributed by atoms with Gasteiger partial charge in [-0.15, -0.1) is 0 Å². The van der Waals surface area contributed by atoms with Gasteiger partial charge in [0.15, 0.2) is 17.0 Å². The maximum atomic E-state index is 14.7. The molecule has 36 heteroatoms. The van der Waals surface area contributed by atoms with Crippen LogP contribution in [0.5, 0.6) is 0 Å². The van der Waals surface area contributed by atoms with Crippen LogP contribution in [0.15, 0.2) is 94.7 Å². The number of methoxy groups -OCH3 is 3. The number of amides is 4. The maximum absolute atomic E-state index is 14.7. The summed E-state index contributed by atoms with van der Waals surface area (Å²) in [6, 6.07) is 9.74. The van der Waals surface area contributed by atoms with Gasteiger partial charge < -0.3 is 120 Å². The molecule has 710 valence electrons. The fourth-order valence-electron chi connectivity index (χ4n) is 17.9. The molecule has 4 amide bonds. The molecule has 1 aliphatic carbocycles. The van der Waals surface area contributed by atoms with E-state index < -0.39 is 108 Å². The van der Waals surface area contributed by atoms with Gasteiger partial charge in [0.05, 0.1) is 128 Å². The molecule has 1 saturated carbocycles. The molecule has 129 heavy (non-hydrogen) atoms. The minimum atomic E-state index is -2.46. The number of Topliss-reactive ketones (excluding diaryl/α,β-unsaturated/α-hetero) is 2. The Hall–Kier alpha value is -9.09. The second-order valence-corrected chi connectivity index (χ2v) is 35.0. The highest BCUT2D eigenvalue weighted by atomic mass is 16.6. The van der Waals surface area contributed by atoms with E-state index in [1.54, 1.807) is 40.0 Å². The van der Waals surface area contributed by atoms with Gasteiger partial charge >= 0.3 is 12.1 Å². The predicted molar refractivity (Wildman–Crippen MR) is 477 cm³/mol. The van der Waals surface area contributed by atoms with Crippen LogP contribution in [0.2, 0.25) is 0 Å². The number of aromatic nitrogens is 5. The lowest BCUT2D eigenvalue weighted by atomic mass is 9.80. The van der Waals surface area contributed by atoms with E-state index in [1.807, 2.05) is 72.0 Å². The van der Waals surface area contributed by atoms with Gasteiger partial charge in [-0.05, 0) is 155 Å². The number of hydrogen-bond donors (Lipinski definition) is 8. The molecule has 5 aliphatic heterocycles. The Morgan fingerprint density at radius 1 is 0.713 bits per heavy atom. The van der Waals surface area contributed by atoms with Crippen LogP contribution in [0.4, 0.5) is 16.6 Å². The van der Waals surface area contributed by atoms with Gasteiger partial charge in [-0.25, -0.2) is 24.2 Å². The third-order valence-electron chi connectivity index (χ3n) is 25.6. The molecule has 2 bridgehead atoms. The molecule has 8 heterocycles. The van der Waals surface area contributed by atoms with Gasteiger partial charge in [0.25, 0.3) is 17.7 Å². The number of rotatable bonds is 32. The molecule has 36 nitrogen and oxygen atoms in total. The van der Waals surface area contributed by atoms with E-state index in [4.69, 9.17) is 89.3 Å². The summed E-state index contributed by atoms with van der Waals surface area (Å²) in [5.41, 5.74) is 32.4. The van der Waals surface area contributed by atoms with Crippen molar-refractivity contribution in [2.45, 2.75) is 229 Å².